The van der Waals surface area contributed by atoms with Gasteiger partial charge in [0.05, 0.1) is 29.5 Å². The van der Waals surface area contributed by atoms with Gasteiger partial charge in [-0.3, -0.25) is 9.56 Å². The third-order valence-corrected chi connectivity index (χ3v) is 8.07. The Morgan fingerprint density at radius 2 is 2.02 bits per heavy atom. The number of amidine groups is 1. The van der Waals surface area contributed by atoms with E-state index in [2.05, 4.69) is 20.3 Å². The first-order chi connectivity index (χ1) is 20.2. The SMILES string of the molecule is C[C@H](N)CCCc1cc(Cl)c(F)c(-c2cc3cn(-c4ccc([C@@H]5CCC[C@@H](CN=C(N)CN)N5)cc4)c(=O)nc3[nH]2)c1. The lowest BCUT2D eigenvalue weighted by Crippen LogP contribution is -2.39. The van der Waals surface area contributed by atoms with Crippen LogP contribution in [0, 0.1) is 5.82 Å². The molecular formula is C31H38ClFN8O. The van der Waals surface area contributed by atoms with Gasteiger partial charge in [-0.2, -0.15) is 4.98 Å². The summed E-state index contributed by atoms with van der Waals surface area (Å²) in [5.41, 5.74) is 20.7. The maximum absolute atomic E-state index is 15.1. The van der Waals surface area contributed by atoms with Crippen LogP contribution < -0.4 is 28.2 Å². The van der Waals surface area contributed by atoms with Crippen LogP contribution in [0.3, 0.4) is 0 Å². The first kappa shape index (κ1) is 29.9. The largest absolute Gasteiger partial charge is 0.386 e. The highest BCUT2D eigenvalue weighted by Crippen LogP contribution is 2.32. The molecule has 11 heteroatoms. The molecule has 42 heavy (non-hydrogen) atoms. The van der Waals surface area contributed by atoms with Crippen LogP contribution in [0.25, 0.3) is 28.0 Å². The van der Waals surface area contributed by atoms with Gasteiger partial charge in [-0.15, -0.1) is 0 Å². The van der Waals surface area contributed by atoms with E-state index in [9.17, 15) is 4.79 Å². The number of nitrogens with two attached hydrogens (primary N) is 3. The molecular weight excluding hydrogens is 555 g/mol. The van der Waals surface area contributed by atoms with Crippen molar-refractivity contribution < 1.29 is 4.39 Å². The monoisotopic (exact) mass is 592 g/mol. The molecule has 5 rings (SSSR count). The Hall–Kier alpha value is -3.57. The zero-order valence-corrected chi connectivity index (χ0v) is 24.5. The van der Waals surface area contributed by atoms with Crippen LogP contribution in [0.15, 0.2) is 58.4 Å². The highest BCUT2D eigenvalue weighted by atomic mass is 35.5. The van der Waals surface area contributed by atoms with E-state index in [4.69, 9.17) is 28.8 Å². The van der Waals surface area contributed by atoms with E-state index in [0.29, 0.717) is 40.4 Å². The van der Waals surface area contributed by atoms with Gasteiger partial charge in [0.1, 0.15) is 11.5 Å². The molecule has 0 amide bonds. The van der Waals surface area contributed by atoms with Crippen molar-refractivity contribution in [2.75, 3.05) is 13.1 Å². The second-order valence-corrected chi connectivity index (χ2v) is 11.6. The number of H-pyrrole nitrogens is 1. The summed E-state index contributed by atoms with van der Waals surface area (Å²) >= 11 is 6.25. The number of nitrogens with one attached hydrogen (secondary N) is 2. The Labute approximate surface area is 249 Å². The third-order valence-electron chi connectivity index (χ3n) is 7.79. The van der Waals surface area contributed by atoms with Crippen molar-refractivity contribution in [2.45, 2.75) is 63.6 Å². The molecule has 0 unspecified atom stereocenters. The summed E-state index contributed by atoms with van der Waals surface area (Å²) in [5, 5.41) is 4.39. The van der Waals surface area contributed by atoms with E-state index in [-0.39, 0.29) is 29.7 Å². The van der Waals surface area contributed by atoms with Gasteiger partial charge in [0.15, 0.2) is 5.82 Å². The number of hydrogen-bond acceptors (Lipinski definition) is 6. The number of aromatic nitrogens is 3. The van der Waals surface area contributed by atoms with Crippen LogP contribution in [-0.2, 0) is 6.42 Å². The molecule has 2 aromatic carbocycles. The normalized spacial score (nSPS) is 18.5. The number of aliphatic imine (C=N–C) groups is 1. The molecule has 0 radical (unpaired) electrons. The lowest BCUT2D eigenvalue weighted by molar-refractivity contribution is 0.330. The number of fused-ring (bicyclic) bond motifs is 1. The molecule has 222 valence electrons. The average Bonchev–Trinajstić information content (AvgIpc) is 3.39. The van der Waals surface area contributed by atoms with Crippen molar-refractivity contribution in [1.29, 1.82) is 0 Å². The maximum atomic E-state index is 15.1. The highest BCUT2D eigenvalue weighted by molar-refractivity contribution is 6.31. The van der Waals surface area contributed by atoms with Gasteiger partial charge < -0.3 is 27.5 Å². The van der Waals surface area contributed by atoms with Crippen molar-refractivity contribution >= 4 is 28.5 Å². The topological polar surface area (TPSA) is 153 Å². The Balaban J connectivity index is 1.36. The predicted molar refractivity (Wildman–Crippen MR) is 168 cm³/mol. The highest BCUT2D eigenvalue weighted by Gasteiger charge is 2.22. The molecule has 0 aliphatic carbocycles. The number of aryl methyl sites for hydroxylation is 1. The van der Waals surface area contributed by atoms with Gasteiger partial charge in [0, 0.05) is 35.3 Å². The number of hydrogen-bond donors (Lipinski definition) is 5. The van der Waals surface area contributed by atoms with Gasteiger partial charge in [-0.05, 0) is 86.9 Å². The van der Waals surface area contributed by atoms with Gasteiger partial charge in [-0.25, -0.2) is 9.18 Å². The fraction of sp³-hybridized carbons (Fsp3) is 0.387. The molecule has 3 heterocycles. The van der Waals surface area contributed by atoms with E-state index < -0.39 is 11.5 Å². The zero-order chi connectivity index (χ0) is 29.8. The van der Waals surface area contributed by atoms with Crippen molar-refractivity contribution in [3.8, 4) is 16.9 Å². The van der Waals surface area contributed by atoms with Gasteiger partial charge in [0.25, 0.3) is 0 Å². The zero-order valence-electron chi connectivity index (χ0n) is 23.7. The molecule has 1 aliphatic heterocycles. The van der Waals surface area contributed by atoms with Gasteiger partial charge >= 0.3 is 5.69 Å². The standard InChI is InChI=1S/C31H38ClFN8O/c1-18(35)4-2-5-19-12-24(29(33)25(32)13-19)27-14-21-17-41(31(42)40-30(21)39-27)23-10-8-20(9-11-23)26-7-3-6-22(38-26)16-37-28(36)15-34/h8-14,17-18,22,26,38H,2-7,15-16,34-35H2,1H3,(H2,36,37)(H,39,40,42)/t18-,22-,26-/m0/s1. The first-order valence-electron chi connectivity index (χ1n) is 14.4. The summed E-state index contributed by atoms with van der Waals surface area (Å²) in [6.07, 6.45) is 7.33. The minimum absolute atomic E-state index is 0.0563. The molecule has 2 aromatic heterocycles. The van der Waals surface area contributed by atoms with E-state index in [0.717, 1.165) is 49.7 Å². The number of rotatable bonds is 10. The third kappa shape index (κ3) is 6.90. The maximum Gasteiger partial charge on any atom is 0.354 e. The van der Waals surface area contributed by atoms with Crippen LogP contribution in [0.5, 0.6) is 0 Å². The minimum atomic E-state index is -0.516. The average molecular weight is 593 g/mol. The van der Waals surface area contributed by atoms with Crippen LogP contribution in [0.1, 0.15) is 56.2 Å². The van der Waals surface area contributed by atoms with E-state index in [1.54, 1.807) is 24.4 Å². The fourth-order valence-electron chi connectivity index (χ4n) is 5.52. The molecule has 9 nitrogen and oxygen atoms in total. The number of benzene rings is 2. The lowest BCUT2D eigenvalue weighted by atomic mass is 9.93. The van der Waals surface area contributed by atoms with Crippen molar-refractivity contribution in [3.05, 3.63) is 81.1 Å². The van der Waals surface area contributed by atoms with Crippen molar-refractivity contribution in [3.63, 3.8) is 0 Å². The number of piperidine rings is 1. The Kier molecular flexibility index (Phi) is 9.37. The number of nitrogens with zero attached hydrogens (tertiary/aromatic N) is 3. The van der Waals surface area contributed by atoms with Crippen LogP contribution in [0.4, 0.5) is 4.39 Å². The molecule has 3 atom stereocenters. The van der Waals surface area contributed by atoms with E-state index in [1.807, 2.05) is 31.2 Å². The summed E-state index contributed by atoms with van der Waals surface area (Å²) in [6, 6.07) is 13.7. The number of aromatic amines is 1. The smallest absolute Gasteiger partial charge is 0.354 e. The molecule has 0 saturated carbocycles. The molecule has 1 saturated heterocycles. The van der Waals surface area contributed by atoms with E-state index in [1.165, 1.54) is 4.57 Å². The quantitative estimate of drug-likeness (QED) is 0.136. The summed E-state index contributed by atoms with van der Waals surface area (Å²) in [6.45, 7) is 2.83. The van der Waals surface area contributed by atoms with Crippen molar-refractivity contribution in [2.24, 2.45) is 22.2 Å². The summed E-state index contributed by atoms with van der Waals surface area (Å²) in [7, 11) is 0. The van der Waals surface area contributed by atoms with Gasteiger partial charge in [-0.1, -0.05) is 23.7 Å². The molecule has 4 aromatic rings. The molecule has 0 spiro atoms. The van der Waals surface area contributed by atoms with Crippen LogP contribution >= 0.6 is 11.6 Å². The molecule has 1 fully saturated rings. The fourth-order valence-corrected chi connectivity index (χ4v) is 5.77. The number of halogens is 2. The Morgan fingerprint density at radius 1 is 1.24 bits per heavy atom. The second kappa shape index (κ2) is 13.2. The van der Waals surface area contributed by atoms with E-state index >= 15 is 4.39 Å². The molecule has 0 bridgehead atoms. The van der Waals surface area contributed by atoms with Crippen LogP contribution in [0.2, 0.25) is 5.02 Å². The summed E-state index contributed by atoms with van der Waals surface area (Å²) in [5.74, 6) is -0.0532. The molecule has 8 N–H and O–H groups in total. The predicted octanol–water partition coefficient (Wildman–Crippen LogP) is 4.34. The van der Waals surface area contributed by atoms with Crippen molar-refractivity contribution in [1.82, 2.24) is 19.9 Å². The summed E-state index contributed by atoms with van der Waals surface area (Å²) < 4.78 is 16.6. The first-order valence-corrected chi connectivity index (χ1v) is 14.8. The lowest BCUT2D eigenvalue weighted by Gasteiger charge is -2.30. The van der Waals surface area contributed by atoms with Crippen LogP contribution in [-0.4, -0.2) is 45.5 Å². The second-order valence-electron chi connectivity index (χ2n) is 11.2. The summed E-state index contributed by atoms with van der Waals surface area (Å²) in [4.78, 5) is 24.7. The van der Waals surface area contributed by atoms with Gasteiger partial charge in [0.2, 0.25) is 0 Å². The molecule has 1 aliphatic rings. The minimum Gasteiger partial charge on any atom is -0.386 e. The Bertz CT molecular complexity index is 1630. The Morgan fingerprint density at radius 3 is 2.76 bits per heavy atom.